The standard InChI is InChI=1S/C12H13NO5/c1-7(15)13-11-9(6-14)4-8(12(16)18-3)5-10(11)17-2/h4-6H,1-3H3,(H,13,15). The molecule has 1 rings (SSSR count). The molecule has 0 aromatic heterocycles. The van der Waals surface area contributed by atoms with E-state index >= 15 is 0 Å². The third kappa shape index (κ3) is 2.85. The average Bonchev–Trinajstić information content (AvgIpc) is 2.37. The molecule has 0 heterocycles. The zero-order chi connectivity index (χ0) is 13.7. The molecular weight excluding hydrogens is 238 g/mol. The number of anilines is 1. The maximum Gasteiger partial charge on any atom is 0.338 e. The van der Waals surface area contributed by atoms with Crippen molar-refractivity contribution in [1.29, 1.82) is 0 Å². The van der Waals surface area contributed by atoms with Crippen LogP contribution < -0.4 is 10.1 Å². The first-order chi connectivity index (χ1) is 8.53. The quantitative estimate of drug-likeness (QED) is 0.643. The molecule has 1 amide bonds. The largest absolute Gasteiger partial charge is 0.495 e. The summed E-state index contributed by atoms with van der Waals surface area (Å²) in [6.45, 7) is 1.31. The van der Waals surface area contributed by atoms with E-state index in [-0.39, 0.29) is 28.5 Å². The van der Waals surface area contributed by atoms with E-state index < -0.39 is 5.97 Å². The maximum atomic E-state index is 11.4. The Hall–Kier alpha value is -2.37. The number of esters is 1. The Morgan fingerprint density at radius 2 is 1.94 bits per heavy atom. The molecule has 0 spiro atoms. The Morgan fingerprint density at radius 3 is 2.39 bits per heavy atom. The minimum atomic E-state index is -0.592. The molecule has 0 radical (unpaired) electrons. The molecule has 18 heavy (non-hydrogen) atoms. The number of carbonyl (C=O) groups is 3. The van der Waals surface area contributed by atoms with Crippen LogP contribution >= 0.6 is 0 Å². The zero-order valence-corrected chi connectivity index (χ0v) is 10.3. The van der Waals surface area contributed by atoms with Gasteiger partial charge in [-0.25, -0.2) is 4.79 Å². The number of benzene rings is 1. The van der Waals surface area contributed by atoms with Crippen molar-refractivity contribution in [2.45, 2.75) is 6.92 Å². The van der Waals surface area contributed by atoms with E-state index in [9.17, 15) is 14.4 Å². The smallest absolute Gasteiger partial charge is 0.338 e. The fourth-order valence-corrected chi connectivity index (χ4v) is 1.44. The molecule has 0 atom stereocenters. The summed E-state index contributed by atoms with van der Waals surface area (Å²) in [6.07, 6.45) is 0.528. The van der Waals surface area contributed by atoms with Crippen LogP contribution in [0, 0.1) is 0 Å². The number of methoxy groups -OCH3 is 2. The summed E-state index contributed by atoms with van der Waals surface area (Å²) in [6, 6.07) is 2.72. The first-order valence-electron chi connectivity index (χ1n) is 5.06. The molecule has 6 nitrogen and oxygen atoms in total. The fourth-order valence-electron chi connectivity index (χ4n) is 1.44. The number of hydrogen-bond acceptors (Lipinski definition) is 5. The monoisotopic (exact) mass is 251 g/mol. The Morgan fingerprint density at radius 1 is 1.28 bits per heavy atom. The van der Waals surface area contributed by atoms with E-state index in [1.807, 2.05) is 0 Å². The van der Waals surface area contributed by atoms with Gasteiger partial charge >= 0.3 is 5.97 Å². The lowest BCUT2D eigenvalue weighted by molar-refractivity contribution is -0.114. The fraction of sp³-hybridized carbons (Fsp3) is 0.250. The third-order valence-corrected chi connectivity index (χ3v) is 2.20. The number of amides is 1. The van der Waals surface area contributed by atoms with Gasteiger partial charge in [0.2, 0.25) is 5.91 Å². The summed E-state index contributed by atoms with van der Waals surface area (Å²) in [4.78, 5) is 33.4. The molecule has 0 aliphatic heterocycles. The van der Waals surface area contributed by atoms with Gasteiger partial charge in [-0.05, 0) is 12.1 Å². The number of rotatable bonds is 4. The van der Waals surface area contributed by atoms with Gasteiger partial charge in [-0.15, -0.1) is 0 Å². The molecule has 0 unspecified atom stereocenters. The van der Waals surface area contributed by atoms with Gasteiger partial charge in [0, 0.05) is 12.5 Å². The number of hydrogen-bond donors (Lipinski definition) is 1. The highest BCUT2D eigenvalue weighted by molar-refractivity contribution is 6.01. The maximum absolute atomic E-state index is 11.4. The van der Waals surface area contributed by atoms with Gasteiger partial charge in [-0.1, -0.05) is 0 Å². The first-order valence-corrected chi connectivity index (χ1v) is 5.06. The molecule has 1 N–H and O–H groups in total. The van der Waals surface area contributed by atoms with Crippen molar-refractivity contribution in [3.8, 4) is 5.75 Å². The van der Waals surface area contributed by atoms with Crippen LogP contribution in [0.4, 0.5) is 5.69 Å². The normalized spacial score (nSPS) is 9.50. The van der Waals surface area contributed by atoms with Crippen LogP contribution in [0.2, 0.25) is 0 Å². The van der Waals surface area contributed by atoms with Crippen molar-refractivity contribution >= 4 is 23.9 Å². The van der Waals surface area contributed by atoms with Crippen molar-refractivity contribution in [3.63, 3.8) is 0 Å². The molecule has 0 fully saturated rings. The van der Waals surface area contributed by atoms with E-state index in [2.05, 4.69) is 10.1 Å². The van der Waals surface area contributed by atoms with Crippen LogP contribution in [0.5, 0.6) is 5.75 Å². The topological polar surface area (TPSA) is 81.7 Å². The lowest BCUT2D eigenvalue weighted by atomic mass is 10.1. The highest BCUT2D eigenvalue weighted by atomic mass is 16.5. The van der Waals surface area contributed by atoms with Gasteiger partial charge in [0.1, 0.15) is 5.75 Å². The molecular formula is C12H13NO5. The van der Waals surface area contributed by atoms with E-state index in [1.165, 1.54) is 33.3 Å². The summed E-state index contributed by atoms with van der Waals surface area (Å²) in [5.41, 5.74) is 0.545. The van der Waals surface area contributed by atoms with Crippen LogP contribution in [0.25, 0.3) is 0 Å². The summed E-state index contributed by atoms with van der Waals surface area (Å²) in [5.74, 6) is -0.719. The van der Waals surface area contributed by atoms with Gasteiger partial charge in [0.05, 0.1) is 25.5 Å². The highest BCUT2D eigenvalue weighted by Crippen LogP contribution is 2.29. The van der Waals surface area contributed by atoms with Gasteiger partial charge in [0.25, 0.3) is 0 Å². The predicted octanol–water partition coefficient (Wildman–Crippen LogP) is 1.25. The van der Waals surface area contributed by atoms with Crippen LogP contribution in [0.1, 0.15) is 27.6 Å². The van der Waals surface area contributed by atoms with Crippen molar-refractivity contribution < 1.29 is 23.9 Å². The average molecular weight is 251 g/mol. The Balaban J connectivity index is 3.38. The molecule has 0 aliphatic carbocycles. The van der Waals surface area contributed by atoms with Gasteiger partial charge in [0.15, 0.2) is 6.29 Å². The zero-order valence-electron chi connectivity index (χ0n) is 10.3. The van der Waals surface area contributed by atoms with Crippen LogP contribution in [0.3, 0.4) is 0 Å². The first kappa shape index (κ1) is 13.7. The van der Waals surface area contributed by atoms with Gasteiger partial charge in [-0.2, -0.15) is 0 Å². The SMILES string of the molecule is COC(=O)c1cc(C=O)c(NC(C)=O)c(OC)c1. The summed E-state index contributed by atoms with van der Waals surface area (Å²) in [7, 11) is 2.60. The van der Waals surface area contributed by atoms with E-state index in [4.69, 9.17) is 4.74 Å². The minimum Gasteiger partial charge on any atom is -0.495 e. The predicted molar refractivity (Wildman–Crippen MR) is 64.0 cm³/mol. The van der Waals surface area contributed by atoms with Crippen LogP contribution in [0.15, 0.2) is 12.1 Å². The minimum absolute atomic E-state index is 0.143. The molecule has 0 saturated heterocycles. The lowest BCUT2D eigenvalue weighted by Crippen LogP contribution is -2.11. The van der Waals surface area contributed by atoms with E-state index in [0.717, 1.165) is 0 Å². The number of nitrogens with one attached hydrogen (secondary N) is 1. The summed E-state index contributed by atoms with van der Waals surface area (Å²) >= 11 is 0. The third-order valence-electron chi connectivity index (χ3n) is 2.20. The summed E-state index contributed by atoms with van der Waals surface area (Å²) < 4.78 is 9.60. The molecule has 0 bridgehead atoms. The Kier molecular flexibility index (Phi) is 4.42. The van der Waals surface area contributed by atoms with Crippen molar-refractivity contribution in [1.82, 2.24) is 0 Å². The second-order valence-electron chi connectivity index (χ2n) is 3.43. The van der Waals surface area contributed by atoms with E-state index in [1.54, 1.807) is 0 Å². The van der Waals surface area contributed by atoms with Crippen LogP contribution in [-0.2, 0) is 9.53 Å². The Bertz CT molecular complexity index is 495. The van der Waals surface area contributed by atoms with E-state index in [0.29, 0.717) is 6.29 Å². The van der Waals surface area contributed by atoms with Crippen LogP contribution in [-0.4, -0.2) is 32.4 Å². The van der Waals surface area contributed by atoms with Crippen molar-refractivity contribution in [2.75, 3.05) is 19.5 Å². The number of carbonyl (C=O) groups excluding carboxylic acids is 3. The highest BCUT2D eigenvalue weighted by Gasteiger charge is 2.16. The number of ether oxygens (including phenoxy) is 2. The Labute approximate surface area is 104 Å². The molecule has 0 saturated carbocycles. The number of aldehydes is 1. The van der Waals surface area contributed by atoms with Crippen molar-refractivity contribution in [3.05, 3.63) is 23.3 Å². The lowest BCUT2D eigenvalue weighted by Gasteiger charge is -2.12. The molecule has 6 heteroatoms. The summed E-state index contributed by atoms with van der Waals surface area (Å²) in [5, 5.41) is 2.48. The second-order valence-corrected chi connectivity index (χ2v) is 3.43. The molecule has 1 aromatic rings. The van der Waals surface area contributed by atoms with Crippen molar-refractivity contribution in [2.24, 2.45) is 0 Å². The van der Waals surface area contributed by atoms with Gasteiger partial charge < -0.3 is 14.8 Å². The molecule has 0 aliphatic rings. The molecule has 96 valence electrons. The van der Waals surface area contributed by atoms with Gasteiger partial charge in [-0.3, -0.25) is 9.59 Å². The second kappa shape index (κ2) is 5.81. The molecule has 1 aromatic carbocycles.